The molecule has 1 aromatic heterocycles. The summed E-state index contributed by atoms with van der Waals surface area (Å²) in [5.74, 6) is 1.31. The van der Waals surface area contributed by atoms with Crippen LogP contribution in [0.15, 0.2) is 15.5 Å². The van der Waals surface area contributed by atoms with E-state index < -0.39 is 0 Å². The summed E-state index contributed by atoms with van der Waals surface area (Å²) in [4.78, 5) is 14.5. The number of piperidine rings is 1. The van der Waals surface area contributed by atoms with Gasteiger partial charge in [0.15, 0.2) is 0 Å². The minimum absolute atomic E-state index is 0.0432. The summed E-state index contributed by atoms with van der Waals surface area (Å²) in [6.45, 7) is 10.4. The van der Waals surface area contributed by atoms with Crippen molar-refractivity contribution in [3.63, 3.8) is 0 Å². The lowest BCUT2D eigenvalue weighted by atomic mass is 9.92. The highest BCUT2D eigenvalue weighted by Crippen LogP contribution is 2.29. The Morgan fingerprint density at radius 1 is 1.32 bits per heavy atom. The Bertz CT molecular complexity index is 502. The molecular weight excluding hydrogens is 306 g/mol. The van der Waals surface area contributed by atoms with Gasteiger partial charge in [-0.25, -0.2) is 4.68 Å². The first kappa shape index (κ1) is 14.6. The van der Waals surface area contributed by atoms with Crippen LogP contribution in [0.1, 0.15) is 40.2 Å². The van der Waals surface area contributed by atoms with Gasteiger partial charge in [-0.1, -0.05) is 13.8 Å². The number of rotatable bonds is 2. The van der Waals surface area contributed by atoms with E-state index in [2.05, 4.69) is 39.8 Å². The molecule has 2 rings (SSSR count). The Labute approximate surface area is 122 Å². The van der Waals surface area contributed by atoms with Crippen LogP contribution < -0.4 is 10.5 Å². The van der Waals surface area contributed by atoms with Gasteiger partial charge in [0, 0.05) is 13.1 Å². The molecule has 2 atom stereocenters. The molecule has 0 bridgehead atoms. The van der Waals surface area contributed by atoms with E-state index in [4.69, 9.17) is 0 Å². The molecule has 0 aromatic carbocycles. The van der Waals surface area contributed by atoms with Gasteiger partial charge in [0.25, 0.3) is 5.56 Å². The zero-order chi connectivity index (χ0) is 14.2. The molecule has 5 heteroatoms. The minimum Gasteiger partial charge on any atom is -0.369 e. The van der Waals surface area contributed by atoms with E-state index in [1.54, 1.807) is 0 Å². The Morgan fingerprint density at radius 2 is 1.89 bits per heavy atom. The first-order valence-corrected chi connectivity index (χ1v) is 7.71. The predicted octanol–water partition coefficient (Wildman–Crippen LogP) is 3.07. The molecule has 0 radical (unpaired) electrons. The third-order valence-electron chi connectivity index (χ3n) is 3.62. The molecule has 0 aliphatic carbocycles. The Hall–Kier alpha value is -0.840. The molecule has 0 saturated carbocycles. The van der Waals surface area contributed by atoms with Crippen molar-refractivity contribution in [3.8, 4) is 0 Å². The van der Waals surface area contributed by atoms with E-state index in [-0.39, 0.29) is 11.6 Å². The van der Waals surface area contributed by atoms with Crippen molar-refractivity contribution in [2.24, 2.45) is 11.8 Å². The van der Waals surface area contributed by atoms with Gasteiger partial charge in [0.05, 0.1) is 17.9 Å². The summed E-state index contributed by atoms with van der Waals surface area (Å²) in [7, 11) is 0. The van der Waals surface area contributed by atoms with Crippen LogP contribution in [0.2, 0.25) is 0 Å². The van der Waals surface area contributed by atoms with Crippen LogP contribution >= 0.6 is 15.9 Å². The van der Waals surface area contributed by atoms with Crippen LogP contribution in [0, 0.1) is 11.8 Å². The third kappa shape index (κ3) is 3.02. The van der Waals surface area contributed by atoms with Gasteiger partial charge < -0.3 is 4.90 Å². The summed E-state index contributed by atoms with van der Waals surface area (Å²) in [6, 6.07) is 0.0806. The van der Waals surface area contributed by atoms with Crippen LogP contribution in [0.25, 0.3) is 0 Å². The first-order valence-electron chi connectivity index (χ1n) is 6.92. The maximum absolute atomic E-state index is 12.3. The van der Waals surface area contributed by atoms with E-state index in [0.29, 0.717) is 16.3 Å². The maximum atomic E-state index is 12.3. The highest BCUT2D eigenvalue weighted by molar-refractivity contribution is 9.10. The van der Waals surface area contributed by atoms with Gasteiger partial charge >= 0.3 is 0 Å². The Morgan fingerprint density at radius 3 is 2.42 bits per heavy atom. The highest BCUT2D eigenvalue weighted by atomic mass is 79.9. The standard InChI is InChI=1S/C14H22BrN3O/c1-9(2)18-14(19)13(15)12(6-16-18)17-7-10(3)5-11(4)8-17/h6,9-11H,5,7-8H2,1-4H3/t10-,11+. The maximum Gasteiger partial charge on any atom is 0.283 e. The molecule has 0 N–H and O–H groups in total. The Balaban J connectivity index is 2.36. The van der Waals surface area contributed by atoms with Crippen molar-refractivity contribution in [2.75, 3.05) is 18.0 Å². The molecule has 106 valence electrons. The summed E-state index contributed by atoms with van der Waals surface area (Å²) in [5, 5.41) is 4.30. The van der Waals surface area contributed by atoms with Crippen molar-refractivity contribution in [2.45, 2.75) is 40.2 Å². The molecule has 1 aliphatic rings. The third-order valence-corrected chi connectivity index (χ3v) is 4.37. The lowest BCUT2D eigenvalue weighted by Crippen LogP contribution is -2.40. The topological polar surface area (TPSA) is 38.1 Å². The number of aromatic nitrogens is 2. The molecule has 1 aromatic rings. The lowest BCUT2D eigenvalue weighted by Gasteiger charge is -2.36. The second-order valence-electron chi connectivity index (χ2n) is 6.04. The van der Waals surface area contributed by atoms with E-state index >= 15 is 0 Å². The zero-order valence-electron chi connectivity index (χ0n) is 12.1. The van der Waals surface area contributed by atoms with Gasteiger partial charge in [0.2, 0.25) is 0 Å². The molecule has 0 unspecified atom stereocenters. The summed E-state index contributed by atoms with van der Waals surface area (Å²) >= 11 is 3.46. The van der Waals surface area contributed by atoms with Crippen LogP contribution in [0.5, 0.6) is 0 Å². The lowest BCUT2D eigenvalue weighted by molar-refractivity contribution is 0.355. The molecule has 1 saturated heterocycles. The molecule has 2 heterocycles. The number of hydrogen-bond donors (Lipinski definition) is 0. The SMILES string of the molecule is CC(C)n1ncc(N2C[C@H](C)C[C@H](C)C2)c(Br)c1=O. The van der Waals surface area contributed by atoms with Crippen molar-refractivity contribution < 1.29 is 0 Å². The number of halogens is 1. The average molecular weight is 328 g/mol. The van der Waals surface area contributed by atoms with E-state index in [1.165, 1.54) is 11.1 Å². The average Bonchev–Trinajstić information content (AvgIpc) is 2.30. The van der Waals surface area contributed by atoms with Crippen molar-refractivity contribution in [1.29, 1.82) is 0 Å². The number of hydrogen-bond acceptors (Lipinski definition) is 3. The monoisotopic (exact) mass is 327 g/mol. The van der Waals surface area contributed by atoms with Gasteiger partial charge in [-0.2, -0.15) is 5.10 Å². The van der Waals surface area contributed by atoms with Gasteiger partial charge in [0.1, 0.15) is 4.47 Å². The van der Waals surface area contributed by atoms with Gasteiger partial charge in [-0.05, 0) is 48.0 Å². The van der Waals surface area contributed by atoms with Crippen molar-refractivity contribution in [1.82, 2.24) is 9.78 Å². The normalized spacial score (nSPS) is 24.0. The molecule has 1 aliphatic heterocycles. The van der Waals surface area contributed by atoms with Crippen LogP contribution in [-0.4, -0.2) is 22.9 Å². The van der Waals surface area contributed by atoms with Crippen LogP contribution in [0.3, 0.4) is 0 Å². The first-order chi connectivity index (χ1) is 8.90. The smallest absolute Gasteiger partial charge is 0.283 e. The molecule has 19 heavy (non-hydrogen) atoms. The second-order valence-corrected chi connectivity index (χ2v) is 6.83. The summed E-state index contributed by atoms with van der Waals surface area (Å²) < 4.78 is 2.15. The largest absolute Gasteiger partial charge is 0.369 e. The Kier molecular flexibility index (Phi) is 4.33. The van der Waals surface area contributed by atoms with Crippen LogP contribution in [-0.2, 0) is 0 Å². The fourth-order valence-electron chi connectivity index (χ4n) is 2.88. The van der Waals surface area contributed by atoms with E-state index in [0.717, 1.165) is 18.8 Å². The van der Waals surface area contributed by atoms with Crippen LogP contribution in [0.4, 0.5) is 5.69 Å². The molecule has 4 nitrogen and oxygen atoms in total. The quantitative estimate of drug-likeness (QED) is 0.837. The molecular formula is C14H22BrN3O. The fourth-order valence-corrected chi connectivity index (χ4v) is 3.42. The van der Waals surface area contributed by atoms with Crippen molar-refractivity contribution in [3.05, 3.63) is 21.0 Å². The molecule has 0 amide bonds. The minimum atomic E-state index is -0.0432. The number of nitrogens with zero attached hydrogens (tertiary/aromatic N) is 3. The van der Waals surface area contributed by atoms with E-state index in [9.17, 15) is 4.79 Å². The zero-order valence-corrected chi connectivity index (χ0v) is 13.6. The van der Waals surface area contributed by atoms with Gasteiger partial charge in [-0.15, -0.1) is 0 Å². The van der Waals surface area contributed by atoms with E-state index in [1.807, 2.05) is 20.0 Å². The summed E-state index contributed by atoms with van der Waals surface area (Å²) in [5.41, 5.74) is 0.888. The number of anilines is 1. The second kappa shape index (κ2) is 5.65. The van der Waals surface area contributed by atoms with Crippen molar-refractivity contribution >= 4 is 21.6 Å². The highest BCUT2D eigenvalue weighted by Gasteiger charge is 2.24. The molecule has 1 fully saturated rings. The summed E-state index contributed by atoms with van der Waals surface area (Å²) in [6.07, 6.45) is 3.07. The van der Waals surface area contributed by atoms with Gasteiger partial charge in [-0.3, -0.25) is 4.79 Å². The predicted molar refractivity (Wildman–Crippen MR) is 81.7 cm³/mol. The fraction of sp³-hybridized carbons (Fsp3) is 0.714. The molecule has 0 spiro atoms.